The van der Waals surface area contributed by atoms with Crippen molar-refractivity contribution in [2.75, 3.05) is 13.2 Å². The predicted molar refractivity (Wildman–Crippen MR) is 152 cm³/mol. The molecule has 8 nitrogen and oxygen atoms in total. The van der Waals surface area contributed by atoms with E-state index in [1.807, 2.05) is 13.8 Å². The number of carbonyl (C=O) groups is 1. The van der Waals surface area contributed by atoms with Crippen molar-refractivity contribution in [3.63, 3.8) is 0 Å². The zero-order valence-corrected chi connectivity index (χ0v) is 24.5. The Kier molecular flexibility index (Phi) is 27.3. The molecule has 6 N–H and O–H groups in total. The Balaban J connectivity index is -0.000000533. The molecule has 1 saturated heterocycles. The van der Waals surface area contributed by atoms with E-state index in [0.717, 1.165) is 45.1 Å². The Hall–Kier alpha value is -2.37. The van der Waals surface area contributed by atoms with Gasteiger partial charge in [0.1, 0.15) is 12.2 Å². The highest BCUT2D eigenvalue weighted by molar-refractivity contribution is 5.78. The fraction of sp³-hybridized carbons (Fsp3) is 0.714. The van der Waals surface area contributed by atoms with Gasteiger partial charge in [-0.15, -0.1) is 0 Å². The Morgan fingerprint density at radius 2 is 1.67 bits per heavy atom. The van der Waals surface area contributed by atoms with E-state index in [0.29, 0.717) is 19.2 Å². The molecule has 0 aromatic heterocycles. The van der Waals surface area contributed by atoms with E-state index in [4.69, 9.17) is 15.6 Å². The van der Waals surface area contributed by atoms with Gasteiger partial charge in [-0.05, 0) is 33.1 Å². The summed E-state index contributed by atoms with van der Waals surface area (Å²) in [6, 6.07) is 0. The van der Waals surface area contributed by atoms with Crippen molar-refractivity contribution < 1.29 is 38.0 Å². The lowest BCUT2D eigenvalue weighted by Crippen LogP contribution is -2.50. The molecule has 0 aromatic carbocycles. The molecule has 1 amide bonds. The van der Waals surface area contributed by atoms with Crippen LogP contribution in [0.5, 0.6) is 0 Å². The second kappa shape index (κ2) is 25.9. The molecule has 39 heavy (non-hydrogen) atoms. The number of aliphatic hydroxyl groups excluding tert-OH is 3. The summed E-state index contributed by atoms with van der Waals surface area (Å²) in [6.45, 7) is 14.9. The normalized spacial score (nSPS) is 21.6. The fourth-order valence-corrected chi connectivity index (χ4v) is 3.07. The molecule has 1 aliphatic heterocycles. The molecule has 1 heterocycles. The van der Waals surface area contributed by atoms with Crippen molar-refractivity contribution in [3.05, 3.63) is 36.4 Å². The molecule has 3 unspecified atom stereocenters. The molecule has 2 rings (SSSR count). The first-order valence-corrected chi connectivity index (χ1v) is 13.6. The third kappa shape index (κ3) is 23.3. The van der Waals surface area contributed by atoms with Crippen LogP contribution in [-0.2, 0) is 9.53 Å². The van der Waals surface area contributed by atoms with E-state index >= 15 is 0 Å². The minimum atomic E-state index is -4.33. The van der Waals surface area contributed by atoms with Crippen LogP contribution in [0.25, 0.3) is 0 Å². The lowest BCUT2D eigenvalue weighted by Gasteiger charge is -2.32. The van der Waals surface area contributed by atoms with Gasteiger partial charge in [-0.1, -0.05) is 66.0 Å². The Morgan fingerprint density at radius 3 is 2.10 bits per heavy atom. The summed E-state index contributed by atoms with van der Waals surface area (Å²) in [5.74, 6) is 0.176. The maximum atomic E-state index is 11.9. The topological polar surface area (TPSA) is 137 Å². The zero-order chi connectivity index (χ0) is 30.9. The number of halogens is 3. The van der Waals surface area contributed by atoms with Crippen molar-refractivity contribution in [1.82, 2.24) is 5.32 Å². The number of nitrogens with two attached hydrogens (primary N) is 1. The van der Waals surface area contributed by atoms with Crippen LogP contribution < -0.4 is 11.1 Å². The number of rotatable bonds is 5. The van der Waals surface area contributed by atoms with Crippen molar-refractivity contribution >= 4 is 12.1 Å². The van der Waals surface area contributed by atoms with Gasteiger partial charge in [-0.2, -0.15) is 13.2 Å². The summed E-state index contributed by atoms with van der Waals surface area (Å²) in [7, 11) is 0. The van der Waals surface area contributed by atoms with Gasteiger partial charge in [-0.3, -0.25) is 9.79 Å². The van der Waals surface area contributed by atoms with Crippen molar-refractivity contribution in [2.45, 2.75) is 111 Å². The SMILES string of the molecule is C/C=C/O.C=C(N)C=N/C=C(\C)C(F)(F)F.CC.CCC.O=C(NCC1OCCC(O)C1O)C1CCCCC1. The van der Waals surface area contributed by atoms with Gasteiger partial charge in [0, 0.05) is 42.8 Å². The number of nitrogens with one attached hydrogen (secondary N) is 1. The van der Waals surface area contributed by atoms with Crippen LogP contribution in [0.4, 0.5) is 13.2 Å². The number of nitrogens with zero attached hydrogens (tertiary/aromatic N) is 1. The quantitative estimate of drug-likeness (QED) is 0.213. The van der Waals surface area contributed by atoms with Crippen LogP contribution in [-0.4, -0.2) is 65.1 Å². The zero-order valence-electron chi connectivity index (χ0n) is 24.5. The number of carbonyl (C=O) groups excluding carboxylic acids is 1. The molecule has 0 aromatic rings. The number of hydrogen-bond acceptors (Lipinski definition) is 7. The van der Waals surface area contributed by atoms with E-state index in [-0.39, 0.29) is 24.1 Å². The van der Waals surface area contributed by atoms with E-state index in [2.05, 4.69) is 30.7 Å². The van der Waals surface area contributed by atoms with Crippen LogP contribution >= 0.6 is 0 Å². The second-order valence-corrected chi connectivity index (χ2v) is 8.69. The van der Waals surface area contributed by atoms with Crippen molar-refractivity contribution in [1.29, 1.82) is 0 Å². The summed E-state index contributed by atoms with van der Waals surface area (Å²) >= 11 is 0. The van der Waals surface area contributed by atoms with Gasteiger partial charge in [0.2, 0.25) is 5.91 Å². The predicted octanol–water partition coefficient (Wildman–Crippen LogP) is 5.71. The summed E-state index contributed by atoms with van der Waals surface area (Å²) in [5, 5.41) is 29.8. The first kappa shape index (κ1) is 41.1. The molecule has 230 valence electrons. The van der Waals surface area contributed by atoms with Gasteiger partial charge in [0.05, 0.1) is 12.4 Å². The van der Waals surface area contributed by atoms with Gasteiger partial charge in [0.25, 0.3) is 0 Å². The largest absolute Gasteiger partial charge is 0.516 e. The average Bonchev–Trinajstić information content (AvgIpc) is 2.91. The monoisotopic (exact) mass is 567 g/mol. The number of amides is 1. The van der Waals surface area contributed by atoms with Crippen LogP contribution in [0.3, 0.4) is 0 Å². The molecule has 2 aliphatic rings. The van der Waals surface area contributed by atoms with E-state index in [9.17, 15) is 28.2 Å². The van der Waals surface area contributed by atoms with Crippen LogP contribution in [0.2, 0.25) is 0 Å². The van der Waals surface area contributed by atoms with Gasteiger partial charge < -0.3 is 31.1 Å². The maximum Gasteiger partial charge on any atom is 0.413 e. The van der Waals surface area contributed by atoms with Crippen LogP contribution in [0, 0.1) is 5.92 Å². The number of aliphatic hydroxyl groups is 3. The highest BCUT2D eigenvalue weighted by Crippen LogP contribution is 2.25. The van der Waals surface area contributed by atoms with Crippen LogP contribution in [0.1, 0.15) is 86.5 Å². The third-order valence-electron chi connectivity index (χ3n) is 5.08. The number of aliphatic imine (C=N–C) groups is 1. The molecule has 0 radical (unpaired) electrons. The first-order chi connectivity index (χ1) is 18.3. The molecule has 1 aliphatic carbocycles. The first-order valence-electron chi connectivity index (χ1n) is 13.6. The molecule has 3 atom stereocenters. The molecule has 0 spiro atoms. The summed E-state index contributed by atoms with van der Waals surface area (Å²) in [4.78, 5) is 15.2. The second-order valence-electron chi connectivity index (χ2n) is 8.69. The molecular weight excluding hydrogens is 515 g/mol. The Labute approximate surface area is 232 Å². The minimum absolute atomic E-state index is 0.0607. The molecule has 11 heteroatoms. The lowest BCUT2D eigenvalue weighted by molar-refractivity contribution is -0.139. The minimum Gasteiger partial charge on any atom is -0.516 e. The molecule has 2 fully saturated rings. The van der Waals surface area contributed by atoms with Gasteiger partial charge in [-0.25, -0.2) is 0 Å². The molecule has 1 saturated carbocycles. The van der Waals surface area contributed by atoms with Gasteiger partial charge in [0.15, 0.2) is 0 Å². The standard InChI is InChI=1S/C13H23NO4.C7H9F3N2.C3H6O.C3H8.C2H6/c15-10-6-7-18-11(12(10)16)8-14-13(17)9-4-2-1-3-5-9;1-5(7(8,9)10)3-12-4-6(2)11;1-2-3-4;1-3-2;1-2/h9-12,15-16H,1-8H2,(H,14,17);3-4H,2,11H2,1H3;2-4H,1H3;3H2,1-2H3;1-2H3/b;5-3+,12-4?;3-2+;;. The number of alkyl halides is 3. The van der Waals surface area contributed by atoms with Crippen LogP contribution in [0.15, 0.2) is 41.4 Å². The van der Waals surface area contributed by atoms with E-state index in [1.54, 1.807) is 13.0 Å². The highest BCUT2D eigenvalue weighted by Gasteiger charge is 2.32. The fourth-order valence-electron chi connectivity index (χ4n) is 3.07. The third-order valence-corrected chi connectivity index (χ3v) is 5.08. The Morgan fingerprint density at radius 1 is 1.15 bits per heavy atom. The molecular formula is C28H52F3N3O5. The summed E-state index contributed by atoms with van der Waals surface area (Å²) in [6.07, 6.45) is 4.95. The van der Waals surface area contributed by atoms with E-state index in [1.165, 1.54) is 12.8 Å². The van der Waals surface area contributed by atoms with E-state index < -0.39 is 30.1 Å². The number of hydrogen-bond donors (Lipinski definition) is 5. The Bertz CT molecular complexity index is 703. The summed E-state index contributed by atoms with van der Waals surface area (Å²) in [5.41, 5.74) is 4.37. The average molecular weight is 568 g/mol. The van der Waals surface area contributed by atoms with Gasteiger partial charge >= 0.3 is 6.18 Å². The lowest BCUT2D eigenvalue weighted by atomic mass is 9.88. The summed E-state index contributed by atoms with van der Waals surface area (Å²) < 4.78 is 40.7. The highest BCUT2D eigenvalue weighted by atomic mass is 19.4. The molecule has 0 bridgehead atoms. The maximum absolute atomic E-state index is 11.9. The van der Waals surface area contributed by atoms with Crippen molar-refractivity contribution in [3.8, 4) is 0 Å². The number of allylic oxidation sites excluding steroid dienone is 3. The number of ether oxygens (including phenoxy) is 1. The smallest absolute Gasteiger partial charge is 0.413 e. The van der Waals surface area contributed by atoms with Crippen molar-refractivity contribution in [2.24, 2.45) is 16.6 Å².